The fourth-order valence-electron chi connectivity index (χ4n) is 3.15. The summed E-state index contributed by atoms with van der Waals surface area (Å²) in [6.07, 6.45) is 0. The molecule has 1 heterocycles. The van der Waals surface area contributed by atoms with Gasteiger partial charge in [-0.15, -0.1) is 10.2 Å². The smallest absolute Gasteiger partial charge is 0.196 e. The first-order valence-corrected chi connectivity index (χ1v) is 10.6. The van der Waals surface area contributed by atoms with E-state index >= 15 is 0 Å². The number of hydrogen-bond donors (Lipinski definition) is 0. The molecule has 0 aliphatic rings. The number of carbonyl (C=O) groups is 1. The van der Waals surface area contributed by atoms with Crippen LogP contribution in [0.4, 0.5) is 4.39 Å². The molecule has 5 nitrogen and oxygen atoms in total. The summed E-state index contributed by atoms with van der Waals surface area (Å²) in [6, 6.07) is 21.2. The topological polar surface area (TPSA) is 57.0 Å². The fraction of sp³-hybridized carbons (Fsp3) is 0.125. The minimum atomic E-state index is -0.369. The molecule has 0 saturated heterocycles. The van der Waals surface area contributed by atoms with E-state index < -0.39 is 0 Å². The molecule has 0 atom stereocenters. The second-order valence-corrected chi connectivity index (χ2v) is 7.87. The van der Waals surface area contributed by atoms with E-state index in [1.165, 1.54) is 36.0 Å². The molecule has 0 aliphatic heterocycles. The predicted octanol–water partition coefficient (Wildman–Crippen LogP) is 5.37. The van der Waals surface area contributed by atoms with Gasteiger partial charge in [-0.3, -0.25) is 9.36 Å². The van der Waals surface area contributed by atoms with Gasteiger partial charge in [-0.25, -0.2) is 4.39 Å². The molecule has 0 fully saturated rings. The molecule has 3 aromatic carbocycles. The van der Waals surface area contributed by atoms with Gasteiger partial charge in [0.15, 0.2) is 16.8 Å². The van der Waals surface area contributed by atoms with Gasteiger partial charge in [0, 0.05) is 16.8 Å². The highest BCUT2D eigenvalue weighted by atomic mass is 32.2. The molecule has 7 heteroatoms. The number of aromatic nitrogens is 3. The van der Waals surface area contributed by atoms with Gasteiger partial charge in [0.25, 0.3) is 0 Å². The maximum Gasteiger partial charge on any atom is 0.196 e. The molecule has 1 aromatic heterocycles. The van der Waals surface area contributed by atoms with E-state index in [-0.39, 0.29) is 17.4 Å². The number of nitrogens with zero attached hydrogens (tertiary/aromatic N) is 3. The van der Waals surface area contributed by atoms with E-state index in [1.807, 2.05) is 60.0 Å². The average Bonchev–Trinajstić information content (AvgIpc) is 3.22. The molecule has 0 bridgehead atoms. The standard InChI is InChI=1S/C24H20FN3O2S/c1-16-4-3-5-18(14-16)23-26-27-24(28(23)20-10-12-21(30-2)13-11-20)31-15-22(29)17-6-8-19(25)9-7-17/h3-14H,15H2,1-2H3. The Kier molecular flexibility index (Phi) is 6.13. The quantitative estimate of drug-likeness (QED) is 0.290. The van der Waals surface area contributed by atoms with Crippen molar-refractivity contribution in [1.82, 2.24) is 14.8 Å². The van der Waals surface area contributed by atoms with Crippen LogP contribution in [0.1, 0.15) is 15.9 Å². The van der Waals surface area contributed by atoms with Crippen LogP contribution in [-0.2, 0) is 0 Å². The van der Waals surface area contributed by atoms with Crippen molar-refractivity contribution in [2.24, 2.45) is 0 Å². The number of halogens is 1. The number of carbonyl (C=O) groups excluding carboxylic acids is 1. The molecule has 0 radical (unpaired) electrons. The lowest BCUT2D eigenvalue weighted by molar-refractivity contribution is 0.102. The Morgan fingerprint density at radius 3 is 2.45 bits per heavy atom. The Labute approximate surface area is 183 Å². The molecular formula is C24H20FN3O2S. The van der Waals surface area contributed by atoms with Crippen LogP contribution < -0.4 is 4.74 Å². The Bertz CT molecular complexity index is 1200. The molecule has 0 aliphatic carbocycles. The van der Waals surface area contributed by atoms with Crippen molar-refractivity contribution in [2.45, 2.75) is 12.1 Å². The van der Waals surface area contributed by atoms with Crippen LogP contribution in [0, 0.1) is 12.7 Å². The zero-order valence-corrected chi connectivity index (χ0v) is 17.9. The average molecular weight is 434 g/mol. The second-order valence-electron chi connectivity index (χ2n) is 6.93. The lowest BCUT2D eigenvalue weighted by atomic mass is 10.1. The van der Waals surface area contributed by atoms with E-state index in [0.29, 0.717) is 16.5 Å². The van der Waals surface area contributed by atoms with Gasteiger partial charge in [0.1, 0.15) is 11.6 Å². The van der Waals surface area contributed by atoms with Crippen molar-refractivity contribution in [1.29, 1.82) is 0 Å². The largest absolute Gasteiger partial charge is 0.497 e. The van der Waals surface area contributed by atoms with Crippen molar-refractivity contribution in [3.8, 4) is 22.8 Å². The lowest BCUT2D eigenvalue weighted by Gasteiger charge is -2.11. The molecule has 4 rings (SSSR count). The van der Waals surface area contributed by atoms with Crippen molar-refractivity contribution in [2.75, 3.05) is 12.9 Å². The van der Waals surface area contributed by atoms with Crippen molar-refractivity contribution >= 4 is 17.5 Å². The van der Waals surface area contributed by atoms with Crippen LogP contribution in [0.3, 0.4) is 0 Å². The van der Waals surface area contributed by atoms with Gasteiger partial charge in [0.05, 0.1) is 12.9 Å². The number of ketones is 1. The van der Waals surface area contributed by atoms with Gasteiger partial charge in [0.2, 0.25) is 0 Å². The first kappa shape index (κ1) is 20.8. The maximum absolute atomic E-state index is 13.1. The van der Waals surface area contributed by atoms with Crippen LogP contribution in [-0.4, -0.2) is 33.4 Å². The fourth-order valence-corrected chi connectivity index (χ4v) is 3.99. The minimum absolute atomic E-state index is 0.105. The zero-order chi connectivity index (χ0) is 21.8. The van der Waals surface area contributed by atoms with E-state index in [9.17, 15) is 9.18 Å². The van der Waals surface area contributed by atoms with E-state index in [2.05, 4.69) is 10.2 Å². The number of ether oxygens (including phenoxy) is 1. The highest BCUT2D eigenvalue weighted by molar-refractivity contribution is 7.99. The van der Waals surface area contributed by atoms with Gasteiger partial charge in [-0.2, -0.15) is 0 Å². The van der Waals surface area contributed by atoms with E-state index in [4.69, 9.17) is 4.74 Å². The Balaban J connectivity index is 1.68. The summed E-state index contributed by atoms with van der Waals surface area (Å²) in [6.45, 7) is 2.02. The highest BCUT2D eigenvalue weighted by Gasteiger charge is 2.18. The number of thioether (sulfide) groups is 1. The molecule has 0 N–H and O–H groups in total. The molecular weight excluding hydrogens is 413 g/mol. The summed E-state index contributed by atoms with van der Waals surface area (Å²) < 4.78 is 20.3. The van der Waals surface area contributed by atoms with Crippen LogP contribution in [0.5, 0.6) is 5.75 Å². The van der Waals surface area contributed by atoms with E-state index in [0.717, 1.165) is 22.6 Å². The summed E-state index contributed by atoms with van der Waals surface area (Å²) in [5, 5.41) is 9.36. The number of rotatable bonds is 7. The third kappa shape index (κ3) is 4.67. The van der Waals surface area contributed by atoms with Crippen LogP contribution >= 0.6 is 11.8 Å². The molecule has 0 unspecified atom stereocenters. The monoisotopic (exact) mass is 433 g/mol. The maximum atomic E-state index is 13.1. The van der Waals surface area contributed by atoms with Gasteiger partial charge < -0.3 is 4.74 Å². The Morgan fingerprint density at radius 1 is 1.03 bits per heavy atom. The first-order chi connectivity index (χ1) is 15.0. The Morgan fingerprint density at radius 2 is 1.77 bits per heavy atom. The predicted molar refractivity (Wildman–Crippen MR) is 120 cm³/mol. The van der Waals surface area contributed by atoms with Crippen molar-refractivity contribution < 1.29 is 13.9 Å². The molecule has 0 amide bonds. The summed E-state index contributed by atoms with van der Waals surface area (Å²) in [4.78, 5) is 12.6. The van der Waals surface area contributed by atoms with Crippen LogP contribution in [0.25, 0.3) is 17.1 Å². The van der Waals surface area contributed by atoms with Crippen LogP contribution in [0.2, 0.25) is 0 Å². The third-order valence-corrected chi connectivity index (χ3v) is 5.67. The molecule has 0 saturated carbocycles. The zero-order valence-electron chi connectivity index (χ0n) is 17.1. The highest BCUT2D eigenvalue weighted by Crippen LogP contribution is 2.29. The summed E-state index contributed by atoms with van der Waals surface area (Å²) >= 11 is 1.29. The third-order valence-electron chi connectivity index (χ3n) is 4.74. The number of methoxy groups -OCH3 is 1. The Hall–Kier alpha value is -3.45. The normalized spacial score (nSPS) is 10.8. The SMILES string of the molecule is COc1ccc(-n2c(SCC(=O)c3ccc(F)cc3)nnc2-c2cccc(C)c2)cc1. The number of aryl methyl sites for hydroxylation is 1. The molecule has 156 valence electrons. The molecule has 31 heavy (non-hydrogen) atoms. The summed E-state index contributed by atoms with van der Waals surface area (Å²) in [5.41, 5.74) is 3.37. The first-order valence-electron chi connectivity index (χ1n) is 9.63. The van der Waals surface area contributed by atoms with Crippen molar-refractivity contribution in [3.05, 3.63) is 89.7 Å². The molecule has 0 spiro atoms. The minimum Gasteiger partial charge on any atom is -0.497 e. The van der Waals surface area contributed by atoms with E-state index in [1.54, 1.807) is 7.11 Å². The number of benzene rings is 3. The van der Waals surface area contributed by atoms with Crippen LogP contribution in [0.15, 0.2) is 78.0 Å². The van der Waals surface area contributed by atoms with Gasteiger partial charge in [-0.05, 0) is 61.5 Å². The molecule has 4 aromatic rings. The number of hydrogen-bond acceptors (Lipinski definition) is 5. The summed E-state index contributed by atoms with van der Waals surface area (Å²) in [7, 11) is 1.62. The lowest BCUT2D eigenvalue weighted by Crippen LogP contribution is -2.05. The van der Waals surface area contributed by atoms with Gasteiger partial charge >= 0.3 is 0 Å². The van der Waals surface area contributed by atoms with Crippen molar-refractivity contribution in [3.63, 3.8) is 0 Å². The second kappa shape index (κ2) is 9.14. The van der Waals surface area contributed by atoms with Gasteiger partial charge in [-0.1, -0.05) is 35.5 Å². The summed E-state index contributed by atoms with van der Waals surface area (Å²) in [5.74, 6) is 1.12. The number of Topliss-reactive ketones (excluding diaryl/α,β-unsaturated/α-hetero) is 1.